The number of nitrogens with zero attached hydrogens (tertiary/aromatic N) is 4. The Bertz CT molecular complexity index is 3870. The summed E-state index contributed by atoms with van der Waals surface area (Å²) in [7, 11) is 0. The van der Waals surface area contributed by atoms with Crippen LogP contribution in [0.25, 0.3) is 0 Å². The van der Waals surface area contributed by atoms with E-state index in [0.29, 0.717) is 41.5 Å². The molecule has 5 heterocycles. The molecule has 4 aromatic carbocycles. The van der Waals surface area contributed by atoms with Crippen LogP contribution in [-0.4, -0.2) is 212 Å². The summed E-state index contributed by atoms with van der Waals surface area (Å²) < 4.78 is 0. The molecule has 4 saturated heterocycles. The van der Waals surface area contributed by atoms with Gasteiger partial charge in [0, 0.05) is 58.1 Å². The number of fused-ring (bicyclic) bond motifs is 3. The van der Waals surface area contributed by atoms with Gasteiger partial charge in [-0.3, -0.25) is 62.3 Å². The normalized spacial score (nSPS) is 24.0. The fourth-order valence-electron chi connectivity index (χ4n) is 14.3. The molecule has 4 fully saturated rings. The van der Waals surface area contributed by atoms with Gasteiger partial charge in [0.25, 0.3) is 5.91 Å². The molecule has 12 amide bonds. The van der Waals surface area contributed by atoms with Crippen molar-refractivity contribution >= 4 is 82.8 Å². The smallest absolute Gasteiger partial charge is 0.326 e. The number of aliphatic carboxylic acids is 2. The minimum atomic E-state index is -1.85. The number of amides is 12. The first-order valence-electron chi connectivity index (χ1n) is 36.6. The average molecular weight is 1460 g/mol. The van der Waals surface area contributed by atoms with E-state index >= 15 is 24.0 Å². The number of rotatable bonds is 22. The lowest BCUT2D eigenvalue weighted by atomic mass is 9.96. The highest BCUT2D eigenvalue weighted by atomic mass is 16.4. The Balaban J connectivity index is 1.09. The summed E-state index contributed by atoms with van der Waals surface area (Å²) in [6.45, 7) is 6.73. The molecule has 5 aliphatic rings. The predicted octanol–water partition coefficient (Wildman–Crippen LogP) is 1.53. The Hall–Kier alpha value is -11.0. The van der Waals surface area contributed by atoms with Crippen LogP contribution in [0.15, 0.2) is 133 Å². The molecular formula is C77H97N13O16. The van der Waals surface area contributed by atoms with Crippen molar-refractivity contribution in [1.29, 1.82) is 0 Å². The minimum Gasteiger partial charge on any atom is -0.481 e. The lowest BCUT2D eigenvalue weighted by Crippen LogP contribution is -2.59. The molecule has 0 saturated carbocycles. The van der Waals surface area contributed by atoms with E-state index in [0.717, 1.165) is 6.20 Å². The molecule has 12 atom stereocenters. The number of likely N-dealkylation sites (tertiary alicyclic amines) is 1. The quantitative estimate of drug-likeness (QED) is 0.0531. The molecule has 0 spiro atoms. The molecule has 9 rings (SSSR count). The van der Waals surface area contributed by atoms with Crippen LogP contribution >= 0.6 is 0 Å². The molecule has 11 N–H and O–H groups in total. The maximum absolute atomic E-state index is 15.8. The summed E-state index contributed by atoms with van der Waals surface area (Å²) in [5, 5.41) is 44.0. The number of carboxylic acid groups (broad SMARTS) is 2. The monoisotopic (exact) mass is 1460 g/mol. The van der Waals surface area contributed by atoms with Gasteiger partial charge in [0.1, 0.15) is 72.2 Å². The maximum Gasteiger partial charge on any atom is 0.326 e. The number of nitrogens with one attached hydrogen (secondary N) is 9. The Morgan fingerprint density at radius 1 is 0.509 bits per heavy atom. The summed E-state index contributed by atoms with van der Waals surface area (Å²) in [4.78, 5) is 207. The van der Waals surface area contributed by atoms with Crippen molar-refractivity contribution in [1.82, 2.24) is 67.5 Å². The summed E-state index contributed by atoms with van der Waals surface area (Å²) in [5.74, 6) is -13.0. The first kappa shape index (κ1) is 79.1. The zero-order chi connectivity index (χ0) is 76.1. The number of carboxylic acids is 2. The fourth-order valence-corrected chi connectivity index (χ4v) is 14.3. The van der Waals surface area contributed by atoms with Crippen LogP contribution < -0.4 is 47.9 Å². The standard InChI is InChI=1S/C77H97N13O16/c1-5-47(4)65(72(100)84-57(77(105)106)43-64(92)93)86-68(96)54(41-50-26-14-8-15-27-50)83-70(98)60-31-19-35-88(60)75(103)58-44-78-55(42-51-28-16-9-17-29-51)73(101)87-34-18-30-59(87)69(97)81-52(39-48-22-10-6-11-23-48)66(94)79-45-63(91)80-56(38-46(2)3)74(102)90-37-21-33-62(90)76(104)89-36-20-32-61(89)71(99)82-53(67(95)85-58)40-49-24-12-7-13-25-49/h6-17,22-29,44,46-47,52-57,59-62,65,78H,5,18-21,30-43,45H2,1-4H3,(H,79,94)(H,80,91)(H,81,97)(H,82,99)(H,83,98)(H,84,100)(H,85,95)(H,86,96)(H,92,93)(H,105,106)/b58-44-/t47?,52-,53-,54-,55-,56-,57-,59-,60-,61-,62-,65-/m0/s1. The Labute approximate surface area is 615 Å². The minimum absolute atomic E-state index is 0.0228. The van der Waals surface area contributed by atoms with Crippen LogP contribution in [0.1, 0.15) is 121 Å². The van der Waals surface area contributed by atoms with Gasteiger partial charge in [0.05, 0.1) is 13.0 Å². The van der Waals surface area contributed by atoms with Crippen molar-refractivity contribution in [3.63, 3.8) is 0 Å². The second-order valence-corrected chi connectivity index (χ2v) is 28.3. The molecule has 566 valence electrons. The fraction of sp³-hybridized carbons (Fsp3) is 0.481. The van der Waals surface area contributed by atoms with Crippen molar-refractivity contribution in [3.05, 3.63) is 155 Å². The van der Waals surface area contributed by atoms with E-state index in [-0.39, 0.29) is 103 Å². The SMILES string of the molecule is CCC(C)[C@H](NC(=O)[C@H](Cc1ccccc1)NC(=O)[C@@H]1CCCN1C(=O)/C1=C/N[C@@H](Cc2ccccc2)C(=O)N2CCC[C@H]2C(=O)N[C@@H](Cc2ccccc2)C(=O)NCC(=O)N[C@@H](CC(C)C)C(=O)N2CCC[C@H]2C(=O)N2CCC[C@H]2C(=O)N[C@@H](Cc2ccccc2)C(=O)N1)C(=O)N[C@@H](CC(=O)O)C(=O)O. The molecule has 5 aliphatic heterocycles. The third kappa shape index (κ3) is 21.1. The zero-order valence-corrected chi connectivity index (χ0v) is 60.2. The first-order valence-corrected chi connectivity index (χ1v) is 36.6. The molecule has 106 heavy (non-hydrogen) atoms. The van der Waals surface area contributed by atoms with Crippen LogP contribution in [0.5, 0.6) is 0 Å². The number of hydrogen-bond donors (Lipinski definition) is 11. The molecule has 0 bridgehead atoms. The van der Waals surface area contributed by atoms with Gasteiger partial charge in [-0.15, -0.1) is 0 Å². The topological polar surface area (TPSA) is 401 Å². The van der Waals surface area contributed by atoms with E-state index in [1.165, 1.54) is 19.6 Å². The number of hydrogen-bond acceptors (Lipinski definition) is 15. The van der Waals surface area contributed by atoms with Gasteiger partial charge in [0.15, 0.2) is 0 Å². The number of carbonyl (C=O) groups excluding carboxylic acids is 12. The lowest BCUT2D eigenvalue weighted by Gasteiger charge is -2.33. The molecule has 29 nitrogen and oxygen atoms in total. The highest BCUT2D eigenvalue weighted by Gasteiger charge is 2.46. The largest absolute Gasteiger partial charge is 0.481 e. The van der Waals surface area contributed by atoms with Gasteiger partial charge in [-0.25, -0.2) is 4.79 Å². The van der Waals surface area contributed by atoms with Crippen LogP contribution in [0.4, 0.5) is 0 Å². The van der Waals surface area contributed by atoms with Crippen molar-refractivity contribution in [2.24, 2.45) is 11.8 Å². The third-order valence-corrected chi connectivity index (χ3v) is 20.1. The van der Waals surface area contributed by atoms with Crippen LogP contribution in [0, 0.1) is 11.8 Å². The summed E-state index contributed by atoms with van der Waals surface area (Å²) in [5.41, 5.74) is 1.91. The summed E-state index contributed by atoms with van der Waals surface area (Å²) >= 11 is 0. The van der Waals surface area contributed by atoms with Gasteiger partial charge < -0.3 is 77.7 Å². The molecule has 0 radical (unpaired) electrons. The maximum atomic E-state index is 15.8. The van der Waals surface area contributed by atoms with Crippen molar-refractivity contribution < 1.29 is 77.3 Å². The van der Waals surface area contributed by atoms with Crippen molar-refractivity contribution in [3.8, 4) is 0 Å². The molecule has 4 aromatic rings. The Morgan fingerprint density at radius 3 is 1.51 bits per heavy atom. The van der Waals surface area contributed by atoms with E-state index in [2.05, 4.69) is 47.9 Å². The van der Waals surface area contributed by atoms with Gasteiger partial charge in [0.2, 0.25) is 65.0 Å². The highest BCUT2D eigenvalue weighted by molar-refractivity contribution is 6.03. The van der Waals surface area contributed by atoms with Gasteiger partial charge in [-0.05, 0) is 91.9 Å². The third-order valence-electron chi connectivity index (χ3n) is 20.1. The number of carbonyl (C=O) groups is 14. The number of benzene rings is 4. The van der Waals surface area contributed by atoms with E-state index < -0.39 is 174 Å². The second-order valence-electron chi connectivity index (χ2n) is 28.3. The molecule has 29 heteroatoms. The van der Waals surface area contributed by atoms with Crippen LogP contribution in [-0.2, 0) is 92.8 Å². The predicted molar refractivity (Wildman–Crippen MR) is 386 cm³/mol. The lowest BCUT2D eigenvalue weighted by molar-refractivity contribution is -0.148. The van der Waals surface area contributed by atoms with Gasteiger partial charge in [-0.1, -0.05) is 155 Å². The molecule has 0 aliphatic carbocycles. The average Bonchev–Trinajstić information content (AvgIpc) is 1.62. The van der Waals surface area contributed by atoms with Gasteiger partial charge in [-0.2, -0.15) is 0 Å². The zero-order valence-electron chi connectivity index (χ0n) is 60.2. The van der Waals surface area contributed by atoms with Crippen LogP contribution in [0.3, 0.4) is 0 Å². The van der Waals surface area contributed by atoms with Crippen molar-refractivity contribution in [2.45, 2.75) is 190 Å². The van der Waals surface area contributed by atoms with E-state index in [4.69, 9.17) is 0 Å². The Morgan fingerprint density at radius 2 is 0.991 bits per heavy atom. The van der Waals surface area contributed by atoms with Gasteiger partial charge >= 0.3 is 11.9 Å². The summed E-state index contributed by atoms with van der Waals surface area (Å²) in [6.07, 6.45) is 2.18. The first-order chi connectivity index (χ1) is 50.9. The Kier molecular flexibility index (Phi) is 28.1. The highest BCUT2D eigenvalue weighted by Crippen LogP contribution is 2.28. The van der Waals surface area contributed by atoms with Crippen molar-refractivity contribution in [2.75, 3.05) is 32.7 Å². The van der Waals surface area contributed by atoms with E-state index in [1.807, 2.05) is 13.8 Å². The van der Waals surface area contributed by atoms with E-state index in [1.54, 1.807) is 135 Å². The molecule has 1 unspecified atom stereocenters. The second kappa shape index (κ2) is 37.6. The molecule has 0 aromatic heterocycles. The van der Waals surface area contributed by atoms with E-state index in [9.17, 15) is 53.4 Å². The van der Waals surface area contributed by atoms with Crippen LogP contribution in [0.2, 0.25) is 0 Å². The molecular weight excluding hydrogens is 1360 g/mol. The summed E-state index contributed by atoms with van der Waals surface area (Å²) in [6, 6.07) is 20.2.